The standard InChI is InChI=1S/C7H8ClNO4S2/c1-2-9-7(10)13-15(11,12)6-5(8)3-4-14-6/h3-4H,2H2,1H3,(H,9,10). The maximum atomic E-state index is 11.4. The number of amides is 1. The minimum atomic E-state index is -4.09. The second kappa shape index (κ2) is 4.82. The lowest BCUT2D eigenvalue weighted by Gasteiger charge is -2.03. The predicted molar refractivity (Wildman–Crippen MR) is 56.7 cm³/mol. The van der Waals surface area contributed by atoms with Gasteiger partial charge in [0.25, 0.3) is 0 Å². The summed E-state index contributed by atoms with van der Waals surface area (Å²) >= 11 is 6.50. The molecule has 1 N–H and O–H groups in total. The molecule has 0 bridgehead atoms. The summed E-state index contributed by atoms with van der Waals surface area (Å²) in [4.78, 5) is 10.9. The number of thiophene rings is 1. The van der Waals surface area contributed by atoms with Gasteiger partial charge in [-0.2, -0.15) is 8.42 Å². The van der Waals surface area contributed by atoms with Gasteiger partial charge in [0.15, 0.2) is 4.21 Å². The molecule has 0 aliphatic heterocycles. The quantitative estimate of drug-likeness (QED) is 0.850. The fourth-order valence-electron chi connectivity index (χ4n) is 0.770. The van der Waals surface area contributed by atoms with Crippen molar-refractivity contribution in [2.45, 2.75) is 11.1 Å². The monoisotopic (exact) mass is 269 g/mol. The molecule has 1 heterocycles. The topological polar surface area (TPSA) is 72.5 Å². The van der Waals surface area contributed by atoms with Crippen LogP contribution in [0, 0.1) is 0 Å². The summed E-state index contributed by atoms with van der Waals surface area (Å²) in [6, 6.07) is 1.42. The number of carbonyl (C=O) groups excluding carboxylic acids is 1. The second-order valence-electron chi connectivity index (χ2n) is 2.41. The smallest absolute Gasteiger partial charge is 0.324 e. The van der Waals surface area contributed by atoms with Crippen molar-refractivity contribution in [1.29, 1.82) is 0 Å². The lowest BCUT2D eigenvalue weighted by molar-refractivity contribution is 0.203. The highest BCUT2D eigenvalue weighted by molar-refractivity contribution is 7.89. The molecule has 15 heavy (non-hydrogen) atoms. The van der Waals surface area contributed by atoms with Gasteiger partial charge in [0.2, 0.25) is 0 Å². The number of hydrogen-bond donors (Lipinski definition) is 1. The van der Waals surface area contributed by atoms with E-state index in [-0.39, 0.29) is 15.8 Å². The van der Waals surface area contributed by atoms with E-state index in [0.29, 0.717) is 0 Å². The van der Waals surface area contributed by atoms with Crippen LogP contribution in [0.25, 0.3) is 0 Å². The van der Waals surface area contributed by atoms with Gasteiger partial charge in [0, 0.05) is 6.54 Å². The Morgan fingerprint density at radius 3 is 2.80 bits per heavy atom. The molecular formula is C7H8ClNO4S2. The number of halogens is 1. The van der Waals surface area contributed by atoms with E-state index in [4.69, 9.17) is 11.6 Å². The molecule has 1 rings (SSSR count). The Balaban J connectivity index is 2.86. The lowest BCUT2D eigenvalue weighted by atomic mass is 10.7. The second-order valence-corrected chi connectivity index (χ2v) is 5.48. The van der Waals surface area contributed by atoms with Crippen LogP contribution in [-0.4, -0.2) is 21.1 Å². The zero-order chi connectivity index (χ0) is 11.5. The highest BCUT2D eigenvalue weighted by Gasteiger charge is 2.24. The molecule has 0 aromatic carbocycles. The van der Waals surface area contributed by atoms with E-state index >= 15 is 0 Å². The Labute approximate surface area is 96.1 Å². The van der Waals surface area contributed by atoms with E-state index in [9.17, 15) is 13.2 Å². The van der Waals surface area contributed by atoms with Crippen molar-refractivity contribution in [1.82, 2.24) is 5.32 Å². The Morgan fingerprint density at radius 1 is 1.67 bits per heavy atom. The van der Waals surface area contributed by atoms with Crippen LogP contribution in [0.4, 0.5) is 4.79 Å². The van der Waals surface area contributed by atoms with Crippen LogP contribution < -0.4 is 5.32 Å². The van der Waals surface area contributed by atoms with Crippen molar-refractivity contribution in [3.63, 3.8) is 0 Å². The number of hydrogen-bond acceptors (Lipinski definition) is 5. The molecular weight excluding hydrogens is 262 g/mol. The summed E-state index contributed by atoms with van der Waals surface area (Å²) in [5.41, 5.74) is 0. The number of rotatable bonds is 3. The molecule has 1 aromatic heterocycles. The third kappa shape index (κ3) is 3.08. The number of nitrogens with one attached hydrogen (secondary N) is 1. The van der Waals surface area contributed by atoms with Crippen molar-refractivity contribution in [2.24, 2.45) is 0 Å². The Morgan fingerprint density at radius 2 is 2.33 bits per heavy atom. The minimum absolute atomic E-state index is 0.0456. The first-order valence-electron chi connectivity index (χ1n) is 3.92. The van der Waals surface area contributed by atoms with Gasteiger partial charge in [-0.05, 0) is 18.4 Å². The molecule has 0 aliphatic carbocycles. The lowest BCUT2D eigenvalue weighted by Crippen LogP contribution is -2.26. The molecule has 1 amide bonds. The van der Waals surface area contributed by atoms with Gasteiger partial charge in [-0.1, -0.05) is 11.6 Å². The zero-order valence-electron chi connectivity index (χ0n) is 7.69. The SMILES string of the molecule is CCNC(=O)OS(=O)(=O)c1sccc1Cl. The number of carbonyl (C=O) groups is 1. The first kappa shape index (κ1) is 12.3. The van der Waals surface area contributed by atoms with Crippen LogP contribution in [0.15, 0.2) is 15.7 Å². The average molecular weight is 270 g/mol. The van der Waals surface area contributed by atoms with E-state index in [1.807, 2.05) is 0 Å². The van der Waals surface area contributed by atoms with E-state index in [1.165, 1.54) is 11.4 Å². The largest absolute Gasteiger partial charge is 0.423 e. The van der Waals surface area contributed by atoms with Crippen molar-refractivity contribution in [3.05, 3.63) is 16.5 Å². The Hall–Kier alpha value is -0.790. The summed E-state index contributed by atoms with van der Waals surface area (Å²) in [5.74, 6) is 0. The van der Waals surface area contributed by atoms with E-state index in [2.05, 4.69) is 9.50 Å². The average Bonchev–Trinajstić information content (AvgIpc) is 2.51. The van der Waals surface area contributed by atoms with Crippen LogP contribution >= 0.6 is 22.9 Å². The molecule has 0 unspecified atom stereocenters. The van der Waals surface area contributed by atoms with Gasteiger partial charge in [0.05, 0.1) is 5.02 Å². The maximum absolute atomic E-state index is 11.4. The van der Waals surface area contributed by atoms with Gasteiger partial charge in [-0.3, -0.25) is 0 Å². The van der Waals surface area contributed by atoms with Crippen LogP contribution in [0.5, 0.6) is 0 Å². The Kier molecular flexibility index (Phi) is 3.95. The van der Waals surface area contributed by atoms with Crippen LogP contribution in [0.1, 0.15) is 6.92 Å². The molecule has 0 spiro atoms. The fourth-order valence-corrected chi connectivity index (χ4v) is 3.21. The zero-order valence-corrected chi connectivity index (χ0v) is 10.1. The van der Waals surface area contributed by atoms with Crippen molar-refractivity contribution >= 4 is 39.1 Å². The van der Waals surface area contributed by atoms with Crippen molar-refractivity contribution < 1.29 is 17.4 Å². The molecule has 0 atom stereocenters. The van der Waals surface area contributed by atoms with Gasteiger partial charge in [-0.15, -0.1) is 11.3 Å². The third-order valence-corrected chi connectivity index (χ3v) is 4.51. The molecule has 5 nitrogen and oxygen atoms in total. The summed E-state index contributed by atoms with van der Waals surface area (Å²) in [5, 5.41) is 3.75. The van der Waals surface area contributed by atoms with Crippen LogP contribution in [0.3, 0.4) is 0 Å². The van der Waals surface area contributed by atoms with E-state index in [0.717, 1.165) is 11.3 Å². The predicted octanol–water partition coefficient (Wildman–Crippen LogP) is 1.84. The minimum Gasteiger partial charge on any atom is -0.324 e. The normalized spacial score (nSPS) is 11.1. The van der Waals surface area contributed by atoms with Gasteiger partial charge in [-0.25, -0.2) is 4.79 Å². The van der Waals surface area contributed by atoms with Crippen molar-refractivity contribution in [2.75, 3.05) is 6.54 Å². The molecule has 0 aliphatic rings. The molecule has 8 heteroatoms. The van der Waals surface area contributed by atoms with Crippen molar-refractivity contribution in [3.8, 4) is 0 Å². The first-order valence-corrected chi connectivity index (χ1v) is 6.59. The summed E-state index contributed by atoms with van der Waals surface area (Å²) in [6.45, 7) is 1.93. The maximum Gasteiger partial charge on any atom is 0.423 e. The van der Waals surface area contributed by atoms with Gasteiger partial charge in [0.1, 0.15) is 0 Å². The van der Waals surface area contributed by atoms with E-state index in [1.54, 1.807) is 6.92 Å². The molecule has 0 saturated heterocycles. The highest BCUT2D eigenvalue weighted by atomic mass is 35.5. The van der Waals surface area contributed by atoms with Crippen LogP contribution in [0.2, 0.25) is 5.02 Å². The Bertz CT molecular complexity index is 453. The molecule has 84 valence electrons. The van der Waals surface area contributed by atoms with Gasteiger partial charge < -0.3 is 9.50 Å². The molecule has 0 fully saturated rings. The summed E-state index contributed by atoms with van der Waals surface area (Å²) < 4.78 is 27.0. The van der Waals surface area contributed by atoms with Crippen LogP contribution in [-0.2, 0) is 14.3 Å². The molecule has 1 aromatic rings. The third-order valence-electron chi connectivity index (χ3n) is 1.32. The van der Waals surface area contributed by atoms with E-state index < -0.39 is 16.2 Å². The van der Waals surface area contributed by atoms with Gasteiger partial charge >= 0.3 is 16.2 Å². The molecule has 0 saturated carbocycles. The first-order chi connectivity index (χ1) is 6.97. The fraction of sp³-hybridized carbons (Fsp3) is 0.286. The summed E-state index contributed by atoms with van der Waals surface area (Å²) in [7, 11) is -4.09. The highest BCUT2D eigenvalue weighted by Crippen LogP contribution is 2.28. The molecule has 0 radical (unpaired) electrons. The summed E-state index contributed by atoms with van der Waals surface area (Å²) in [6.07, 6.45) is -1.01.